The number of carbonyl (C=O) groups is 2. The zero-order chi connectivity index (χ0) is 22.6. The average Bonchev–Trinajstić information content (AvgIpc) is 2.79. The van der Waals surface area contributed by atoms with E-state index in [-0.39, 0.29) is 29.3 Å². The highest BCUT2D eigenvalue weighted by molar-refractivity contribution is 7.89. The van der Waals surface area contributed by atoms with Crippen LogP contribution in [0, 0.1) is 6.92 Å². The molecule has 1 aliphatic heterocycles. The van der Waals surface area contributed by atoms with Crippen molar-refractivity contribution >= 4 is 21.8 Å². The summed E-state index contributed by atoms with van der Waals surface area (Å²) in [4.78, 5) is 25.3. The monoisotopic (exact) mass is 447 g/mol. The van der Waals surface area contributed by atoms with Gasteiger partial charge in [0, 0.05) is 18.7 Å². The van der Waals surface area contributed by atoms with Gasteiger partial charge in [-0.05, 0) is 55.8 Å². The third kappa shape index (κ3) is 5.12. The summed E-state index contributed by atoms with van der Waals surface area (Å²) < 4.78 is 42.7. The van der Waals surface area contributed by atoms with Crippen molar-refractivity contribution in [2.24, 2.45) is 0 Å². The van der Waals surface area contributed by atoms with E-state index in [1.165, 1.54) is 30.5 Å². The second-order valence-corrected chi connectivity index (χ2v) is 9.07. The first-order chi connectivity index (χ1) is 14.7. The molecule has 0 radical (unpaired) electrons. The topological polar surface area (TPSA) is 99.2 Å². The number of hydrogen-bond donors (Lipinski definition) is 0. The molecule has 8 nitrogen and oxygen atoms in total. The molecule has 2 aromatic carbocycles. The van der Waals surface area contributed by atoms with Gasteiger partial charge in [-0.3, -0.25) is 4.79 Å². The summed E-state index contributed by atoms with van der Waals surface area (Å²) in [7, 11) is -2.24. The van der Waals surface area contributed by atoms with Crippen molar-refractivity contribution in [1.82, 2.24) is 4.31 Å². The lowest BCUT2D eigenvalue weighted by Crippen LogP contribution is -2.40. The summed E-state index contributed by atoms with van der Waals surface area (Å²) in [5, 5.41) is 0. The third-order valence-corrected chi connectivity index (χ3v) is 6.96. The van der Waals surface area contributed by atoms with Crippen LogP contribution in [0.1, 0.15) is 33.2 Å². The van der Waals surface area contributed by atoms with E-state index in [1.54, 1.807) is 37.3 Å². The van der Waals surface area contributed by atoms with Crippen molar-refractivity contribution in [3.8, 4) is 5.75 Å². The molecule has 0 bridgehead atoms. The number of benzene rings is 2. The molecule has 1 saturated heterocycles. The molecule has 3 rings (SSSR count). The number of methoxy groups -OCH3 is 1. The summed E-state index contributed by atoms with van der Waals surface area (Å²) in [5.74, 6) is -0.522. The minimum Gasteiger partial charge on any atom is -0.497 e. The van der Waals surface area contributed by atoms with Crippen LogP contribution in [0.3, 0.4) is 0 Å². The molecule has 1 unspecified atom stereocenters. The van der Waals surface area contributed by atoms with E-state index in [0.29, 0.717) is 30.1 Å². The molecule has 1 heterocycles. The number of carbonyl (C=O) groups excluding carboxylic acids is 2. The molecule has 0 amide bonds. The maximum absolute atomic E-state index is 12.9. The Bertz CT molecular complexity index is 1060. The zero-order valence-electron chi connectivity index (χ0n) is 17.7. The molecule has 9 heteroatoms. The SMILES string of the molecule is COc1ccc(C(=O)C(C)OC(=O)c2cc(S(=O)(=O)N3CCOCC3)ccc2C)cc1. The van der Waals surface area contributed by atoms with Gasteiger partial charge in [-0.2, -0.15) is 4.31 Å². The molecular weight excluding hydrogens is 422 g/mol. The molecular formula is C22H25NO7S. The summed E-state index contributed by atoms with van der Waals surface area (Å²) >= 11 is 0. The maximum atomic E-state index is 12.9. The van der Waals surface area contributed by atoms with Crippen LogP contribution in [0.25, 0.3) is 0 Å². The van der Waals surface area contributed by atoms with Crippen molar-refractivity contribution in [2.45, 2.75) is 24.8 Å². The number of hydrogen-bond acceptors (Lipinski definition) is 7. The van der Waals surface area contributed by atoms with E-state index in [4.69, 9.17) is 14.2 Å². The highest BCUT2D eigenvalue weighted by Gasteiger charge is 2.28. The summed E-state index contributed by atoms with van der Waals surface area (Å²) in [6.07, 6.45) is -1.04. The molecule has 166 valence electrons. The van der Waals surface area contributed by atoms with Gasteiger partial charge in [-0.25, -0.2) is 13.2 Å². The van der Waals surface area contributed by atoms with E-state index < -0.39 is 22.1 Å². The van der Waals surface area contributed by atoms with E-state index >= 15 is 0 Å². The lowest BCUT2D eigenvalue weighted by atomic mass is 10.1. The van der Waals surface area contributed by atoms with Crippen LogP contribution in [-0.2, 0) is 19.5 Å². The second kappa shape index (κ2) is 9.59. The molecule has 0 aromatic heterocycles. The van der Waals surface area contributed by atoms with Crippen LogP contribution >= 0.6 is 0 Å². The van der Waals surface area contributed by atoms with Gasteiger partial charge < -0.3 is 14.2 Å². The third-order valence-electron chi connectivity index (χ3n) is 5.06. The van der Waals surface area contributed by atoms with E-state index in [2.05, 4.69) is 0 Å². The number of morpholine rings is 1. The largest absolute Gasteiger partial charge is 0.497 e. The molecule has 0 saturated carbocycles. The van der Waals surface area contributed by atoms with Crippen LogP contribution in [0.5, 0.6) is 5.75 Å². The first-order valence-corrected chi connectivity index (χ1v) is 11.3. The highest BCUT2D eigenvalue weighted by Crippen LogP contribution is 2.22. The number of sulfonamides is 1. The van der Waals surface area contributed by atoms with Gasteiger partial charge in [0.2, 0.25) is 15.8 Å². The molecule has 1 fully saturated rings. The van der Waals surface area contributed by atoms with Crippen molar-refractivity contribution in [2.75, 3.05) is 33.4 Å². The Kier molecular flexibility index (Phi) is 7.09. The number of Topliss-reactive ketones (excluding diaryl/α,β-unsaturated/α-hetero) is 1. The zero-order valence-corrected chi connectivity index (χ0v) is 18.5. The lowest BCUT2D eigenvalue weighted by molar-refractivity contribution is 0.0317. The van der Waals surface area contributed by atoms with Gasteiger partial charge in [-0.1, -0.05) is 6.07 Å². The predicted octanol–water partition coefficient (Wildman–Crippen LogP) is 2.45. The number of nitrogens with zero attached hydrogens (tertiary/aromatic N) is 1. The quantitative estimate of drug-likeness (QED) is 0.475. The Morgan fingerprint density at radius 1 is 1.06 bits per heavy atom. The minimum absolute atomic E-state index is 0.00100. The Labute approximate surface area is 181 Å². The molecule has 1 aliphatic rings. The highest BCUT2D eigenvalue weighted by atomic mass is 32.2. The van der Waals surface area contributed by atoms with E-state index in [1.807, 2.05) is 0 Å². The fourth-order valence-corrected chi connectivity index (χ4v) is 4.62. The predicted molar refractivity (Wildman–Crippen MR) is 113 cm³/mol. The average molecular weight is 448 g/mol. The Hall–Kier alpha value is -2.75. The van der Waals surface area contributed by atoms with Gasteiger partial charge in [0.1, 0.15) is 5.75 Å². The molecule has 1 atom stereocenters. The van der Waals surface area contributed by atoms with Gasteiger partial charge >= 0.3 is 5.97 Å². The maximum Gasteiger partial charge on any atom is 0.339 e. The summed E-state index contributed by atoms with van der Waals surface area (Å²) in [6.45, 7) is 4.31. The van der Waals surface area contributed by atoms with Crippen molar-refractivity contribution in [3.05, 3.63) is 59.2 Å². The van der Waals surface area contributed by atoms with Crippen molar-refractivity contribution in [3.63, 3.8) is 0 Å². The summed E-state index contributed by atoms with van der Waals surface area (Å²) in [6, 6.07) is 10.8. The minimum atomic E-state index is -3.76. The van der Waals surface area contributed by atoms with Gasteiger partial charge in [0.25, 0.3) is 0 Å². The van der Waals surface area contributed by atoms with Crippen molar-refractivity contribution < 1.29 is 32.2 Å². The van der Waals surface area contributed by atoms with Crippen molar-refractivity contribution in [1.29, 1.82) is 0 Å². The normalized spacial score (nSPS) is 15.8. The molecule has 0 aliphatic carbocycles. The molecule has 2 aromatic rings. The van der Waals surface area contributed by atoms with Gasteiger partial charge in [-0.15, -0.1) is 0 Å². The number of ketones is 1. The number of esters is 1. The first kappa shape index (κ1) is 22.9. The van der Waals surface area contributed by atoms with Gasteiger partial charge in [0.15, 0.2) is 6.10 Å². The standard InChI is InChI=1S/C22H25NO7S/c1-15-4-9-19(31(26,27)23-10-12-29-13-11-23)14-20(15)22(25)30-16(2)21(24)17-5-7-18(28-3)8-6-17/h4-9,14,16H,10-13H2,1-3H3. The number of ether oxygens (including phenoxy) is 3. The van der Waals surface area contributed by atoms with Gasteiger partial charge in [0.05, 0.1) is 30.8 Å². The second-order valence-electron chi connectivity index (χ2n) is 7.13. The molecule has 31 heavy (non-hydrogen) atoms. The molecule has 0 N–H and O–H groups in total. The fourth-order valence-electron chi connectivity index (χ4n) is 3.19. The number of rotatable bonds is 7. The van der Waals surface area contributed by atoms with Crippen LogP contribution < -0.4 is 4.74 Å². The smallest absolute Gasteiger partial charge is 0.339 e. The van der Waals surface area contributed by atoms with Crippen LogP contribution in [0.15, 0.2) is 47.4 Å². The van der Waals surface area contributed by atoms with E-state index in [0.717, 1.165) is 0 Å². The number of aryl methyl sites for hydroxylation is 1. The fraction of sp³-hybridized carbons (Fsp3) is 0.364. The van der Waals surface area contributed by atoms with Crippen LogP contribution in [-0.4, -0.2) is 64.0 Å². The Morgan fingerprint density at radius 2 is 1.71 bits per heavy atom. The first-order valence-electron chi connectivity index (χ1n) is 9.82. The molecule has 0 spiro atoms. The summed E-state index contributed by atoms with van der Waals surface area (Å²) in [5.41, 5.74) is 1.03. The Balaban J connectivity index is 1.77. The van der Waals surface area contributed by atoms with E-state index in [9.17, 15) is 18.0 Å². The van der Waals surface area contributed by atoms with Crippen LogP contribution in [0.4, 0.5) is 0 Å². The Morgan fingerprint density at radius 3 is 2.32 bits per heavy atom. The lowest BCUT2D eigenvalue weighted by Gasteiger charge is -2.26. The van der Waals surface area contributed by atoms with Crippen LogP contribution in [0.2, 0.25) is 0 Å².